The smallest absolute Gasteiger partial charge is 0.261 e. The first-order chi connectivity index (χ1) is 7.65. The number of carbonyl (C=O) groups excluding carboxylic acids is 3. The van der Waals surface area contributed by atoms with Crippen molar-refractivity contribution in [2.75, 3.05) is 6.54 Å². The zero-order valence-electron chi connectivity index (χ0n) is 8.47. The average Bonchev–Trinajstić information content (AvgIpc) is 2.55. The van der Waals surface area contributed by atoms with Crippen molar-refractivity contribution in [1.29, 1.82) is 0 Å². The minimum atomic E-state index is -0.428. The van der Waals surface area contributed by atoms with E-state index in [1.165, 1.54) is 0 Å². The second kappa shape index (κ2) is 3.92. The molecule has 1 aliphatic heterocycles. The first kappa shape index (κ1) is 10.6. The largest absolute Gasteiger partial charge is 0.299 e. The second-order valence-electron chi connectivity index (χ2n) is 3.48. The molecule has 0 saturated heterocycles. The van der Waals surface area contributed by atoms with Gasteiger partial charge in [0.25, 0.3) is 11.8 Å². The maximum atomic E-state index is 11.8. The maximum absolute atomic E-state index is 11.8. The van der Waals surface area contributed by atoms with Crippen LogP contribution in [0.25, 0.3) is 0 Å². The molecule has 0 aromatic heterocycles. The van der Waals surface area contributed by atoms with E-state index >= 15 is 0 Å². The fourth-order valence-electron chi connectivity index (χ4n) is 1.62. The molecule has 4 nitrogen and oxygen atoms in total. The summed E-state index contributed by atoms with van der Waals surface area (Å²) >= 11 is 0. The van der Waals surface area contributed by atoms with E-state index in [0.717, 1.165) is 4.90 Å². The Balaban J connectivity index is 2.32. The number of nitrogens with zero attached hydrogens (tertiary/aromatic N) is 1. The molecule has 2 amide bonds. The number of rotatable bonds is 3. The van der Waals surface area contributed by atoms with Crippen molar-refractivity contribution < 1.29 is 14.4 Å². The van der Waals surface area contributed by atoms with Crippen LogP contribution >= 0.6 is 0 Å². The molecule has 16 heavy (non-hydrogen) atoms. The number of fused-ring (bicyclic) bond motifs is 1. The molecule has 0 aliphatic carbocycles. The van der Waals surface area contributed by atoms with E-state index in [2.05, 4.69) is 0 Å². The van der Waals surface area contributed by atoms with Crippen LogP contribution in [-0.2, 0) is 4.79 Å². The van der Waals surface area contributed by atoms with Gasteiger partial charge < -0.3 is 0 Å². The Kier molecular flexibility index (Phi) is 2.60. The van der Waals surface area contributed by atoms with Crippen LogP contribution in [-0.4, -0.2) is 36.9 Å². The van der Waals surface area contributed by atoms with Gasteiger partial charge in [-0.3, -0.25) is 19.3 Å². The van der Waals surface area contributed by atoms with Crippen LogP contribution in [0.4, 0.5) is 0 Å². The SMILES string of the molecule is [B]CC(=O)CN1C(=O)c2ccccc2C1=O. The first-order valence-electron chi connectivity index (χ1n) is 4.82. The van der Waals surface area contributed by atoms with E-state index in [1.807, 2.05) is 0 Å². The maximum Gasteiger partial charge on any atom is 0.261 e. The highest BCUT2D eigenvalue weighted by molar-refractivity contribution is 6.25. The van der Waals surface area contributed by atoms with E-state index in [0.29, 0.717) is 11.1 Å². The van der Waals surface area contributed by atoms with E-state index in [-0.39, 0.29) is 18.6 Å². The lowest BCUT2D eigenvalue weighted by Crippen LogP contribution is -2.34. The molecular formula is C11H8BNO3. The molecule has 0 fully saturated rings. The Labute approximate surface area is 93.6 Å². The molecule has 5 heteroatoms. The number of amides is 2. The Morgan fingerprint density at radius 3 is 2.06 bits per heavy atom. The lowest BCUT2D eigenvalue weighted by molar-refractivity contribution is -0.117. The van der Waals surface area contributed by atoms with Crippen molar-refractivity contribution in [3.63, 3.8) is 0 Å². The average molecular weight is 213 g/mol. The van der Waals surface area contributed by atoms with E-state index in [4.69, 9.17) is 7.85 Å². The number of benzene rings is 1. The van der Waals surface area contributed by atoms with Gasteiger partial charge in [-0.05, 0) is 18.5 Å². The van der Waals surface area contributed by atoms with Crippen molar-refractivity contribution in [3.8, 4) is 0 Å². The number of ketones is 1. The number of Topliss-reactive ketones (excluding diaryl/α,β-unsaturated/α-hetero) is 1. The predicted octanol–water partition coefficient (Wildman–Crippen LogP) is 0.439. The Morgan fingerprint density at radius 2 is 1.62 bits per heavy atom. The quantitative estimate of drug-likeness (QED) is 0.540. The molecule has 0 bridgehead atoms. The summed E-state index contributed by atoms with van der Waals surface area (Å²) in [5.74, 6) is -1.20. The highest BCUT2D eigenvalue weighted by Gasteiger charge is 2.35. The summed E-state index contributed by atoms with van der Waals surface area (Å²) in [5, 5.41) is 0. The molecule has 1 heterocycles. The highest BCUT2D eigenvalue weighted by atomic mass is 16.2. The van der Waals surface area contributed by atoms with Crippen molar-refractivity contribution >= 4 is 25.4 Å². The summed E-state index contributed by atoms with van der Waals surface area (Å²) < 4.78 is 0. The van der Waals surface area contributed by atoms with Crippen LogP contribution in [0, 0.1) is 0 Å². The molecule has 2 radical (unpaired) electrons. The van der Waals surface area contributed by atoms with Gasteiger partial charge in [0.05, 0.1) is 25.5 Å². The summed E-state index contributed by atoms with van der Waals surface area (Å²) in [7, 11) is 5.15. The lowest BCUT2D eigenvalue weighted by atomic mass is 10.0. The van der Waals surface area contributed by atoms with Gasteiger partial charge >= 0.3 is 0 Å². The minimum absolute atomic E-state index is 0.173. The summed E-state index contributed by atoms with van der Waals surface area (Å²) in [6.45, 7) is -0.247. The van der Waals surface area contributed by atoms with Gasteiger partial charge in [-0.25, -0.2) is 0 Å². The first-order valence-corrected chi connectivity index (χ1v) is 4.82. The van der Waals surface area contributed by atoms with Crippen LogP contribution in [0.2, 0.25) is 6.32 Å². The van der Waals surface area contributed by atoms with Gasteiger partial charge in [0.2, 0.25) is 0 Å². The Hall–Kier alpha value is -1.91. The minimum Gasteiger partial charge on any atom is -0.299 e. The molecule has 0 atom stereocenters. The molecule has 0 saturated carbocycles. The molecule has 78 valence electrons. The van der Waals surface area contributed by atoms with Crippen LogP contribution in [0.3, 0.4) is 0 Å². The standard InChI is InChI=1S/C11H8BNO3/c12-5-7(14)6-13-10(15)8-3-1-2-4-9(8)11(13)16/h1-4H,5-6H2. The summed E-state index contributed by atoms with van der Waals surface area (Å²) in [6, 6.07) is 6.50. The monoisotopic (exact) mass is 213 g/mol. The third kappa shape index (κ3) is 1.54. The molecule has 1 aromatic carbocycles. The van der Waals surface area contributed by atoms with E-state index in [9.17, 15) is 14.4 Å². The second-order valence-corrected chi connectivity index (χ2v) is 3.48. The van der Waals surface area contributed by atoms with Gasteiger partial charge in [0.15, 0.2) is 0 Å². The van der Waals surface area contributed by atoms with Crippen LogP contribution in [0.5, 0.6) is 0 Å². The normalized spacial score (nSPS) is 14.1. The molecule has 0 spiro atoms. The zero-order chi connectivity index (χ0) is 11.7. The molecule has 2 rings (SSSR count). The third-order valence-electron chi connectivity index (χ3n) is 2.44. The number of hydrogen-bond acceptors (Lipinski definition) is 3. The Bertz CT molecular complexity index is 449. The number of hydrogen-bond donors (Lipinski definition) is 0. The highest BCUT2D eigenvalue weighted by Crippen LogP contribution is 2.21. The molecule has 1 aliphatic rings. The molecule has 0 N–H and O–H groups in total. The number of imide groups is 1. The lowest BCUT2D eigenvalue weighted by Gasteiger charge is -2.11. The van der Waals surface area contributed by atoms with E-state index in [1.54, 1.807) is 24.3 Å². The van der Waals surface area contributed by atoms with Crippen LogP contribution in [0.15, 0.2) is 24.3 Å². The van der Waals surface area contributed by atoms with Gasteiger partial charge in [-0.1, -0.05) is 12.1 Å². The third-order valence-corrected chi connectivity index (χ3v) is 2.44. The fourth-order valence-corrected chi connectivity index (χ4v) is 1.62. The zero-order valence-corrected chi connectivity index (χ0v) is 8.47. The van der Waals surface area contributed by atoms with Gasteiger partial charge in [0, 0.05) is 0 Å². The molecule has 1 aromatic rings. The van der Waals surface area contributed by atoms with E-state index < -0.39 is 11.8 Å². The van der Waals surface area contributed by atoms with Gasteiger partial charge in [-0.2, -0.15) is 0 Å². The Morgan fingerprint density at radius 1 is 1.12 bits per heavy atom. The summed E-state index contributed by atoms with van der Waals surface area (Å²) in [4.78, 5) is 35.6. The van der Waals surface area contributed by atoms with Crippen molar-refractivity contribution in [2.45, 2.75) is 6.32 Å². The van der Waals surface area contributed by atoms with Crippen molar-refractivity contribution in [1.82, 2.24) is 4.90 Å². The van der Waals surface area contributed by atoms with Crippen molar-refractivity contribution in [3.05, 3.63) is 35.4 Å². The number of carbonyl (C=O) groups is 3. The van der Waals surface area contributed by atoms with Crippen LogP contribution in [0.1, 0.15) is 20.7 Å². The van der Waals surface area contributed by atoms with Gasteiger partial charge in [-0.15, -0.1) is 0 Å². The predicted molar refractivity (Wildman–Crippen MR) is 57.4 cm³/mol. The van der Waals surface area contributed by atoms with Crippen molar-refractivity contribution in [2.24, 2.45) is 0 Å². The van der Waals surface area contributed by atoms with Crippen LogP contribution < -0.4 is 0 Å². The molecular weight excluding hydrogens is 205 g/mol. The fraction of sp³-hybridized carbons (Fsp3) is 0.182. The topological polar surface area (TPSA) is 54.5 Å². The van der Waals surface area contributed by atoms with Gasteiger partial charge in [0.1, 0.15) is 5.78 Å². The summed E-state index contributed by atoms with van der Waals surface area (Å²) in [6.07, 6.45) is -0.173. The summed E-state index contributed by atoms with van der Waals surface area (Å²) in [5.41, 5.74) is 0.689. The molecule has 0 unspecified atom stereocenters.